The van der Waals surface area contributed by atoms with Crippen LogP contribution in [-0.4, -0.2) is 49.7 Å². The summed E-state index contributed by atoms with van der Waals surface area (Å²) in [5.41, 5.74) is 0. The lowest BCUT2D eigenvalue weighted by atomic mass is 10.5. The summed E-state index contributed by atoms with van der Waals surface area (Å²) in [5.74, 6) is -0.318. The number of likely N-dealkylation sites (N-methyl/N-ethyl adjacent to an activating group) is 1. The number of nitrogens with zero attached hydrogens (tertiary/aromatic N) is 1. The molecule has 0 aliphatic carbocycles. The third-order valence-corrected chi connectivity index (χ3v) is 1.02. The van der Waals surface area contributed by atoms with Crippen molar-refractivity contribution in [3.8, 4) is 0 Å². The van der Waals surface area contributed by atoms with Crippen molar-refractivity contribution in [2.24, 2.45) is 0 Å². The first-order chi connectivity index (χ1) is 4.66. The number of amides is 1. The molecule has 0 radical (unpaired) electrons. The highest BCUT2D eigenvalue weighted by atomic mass is 16.3. The van der Waals surface area contributed by atoms with Crippen LogP contribution in [0, 0.1) is 0 Å². The van der Waals surface area contributed by atoms with E-state index in [0.717, 1.165) is 6.54 Å². The fourth-order valence-electron chi connectivity index (χ4n) is 0.475. The highest BCUT2D eigenvalue weighted by molar-refractivity contribution is 5.76. The molecule has 0 aromatic rings. The van der Waals surface area contributed by atoms with Gasteiger partial charge in [-0.2, -0.15) is 0 Å². The first kappa shape index (κ1) is 9.39. The topological polar surface area (TPSA) is 52.6 Å². The average Bonchev–Trinajstić information content (AvgIpc) is 1.87. The van der Waals surface area contributed by atoms with E-state index < -0.39 is 6.61 Å². The molecule has 10 heavy (non-hydrogen) atoms. The van der Waals surface area contributed by atoms with Crippen molar-refractivity contribution >= 4 is 5.91 Å². The molecule has 0 aliphatic heterocycles. The molecule has 1 amide bonds. The maximum Gasteiger partial charge on any atom is 0.245 e. The summed E-state index contributed by atoms with van der Waals surface area (Å²) in [4.78, 5) is 12.4. The Morgan fingerprint density at radius 1 is 1.60 bits per heavy atom. The van der Waals surface area contributed by atoms with E-state index >= 15 is 0 Å². The summed E-state index contributed by atoms with van der Waals surface area (Å²) in [5, 5.41) is 10.8. The molecule has 0 rings (SSSR count). The molecule has 0 unspecified atom stereocenters. The number of rotatable bonds is 4. The second-order valence-corrected chi connectivity index (χ2v) is 2.31. The number of carbonyl (C=O) groups excluding carboxylic acids is 1. The first-order valence-electron chi connectivity index (χ1n) is 3.19. The van der Waals surface area contributed by atoms with Crippen LogP contribution < -0.4 is 5.32 Å². The van der Waals surface area contributed by atoms with E-state index in [1.54, 1.807) is 0 Å². The molecule has 60 valence electrons. The molecule has 0 aliphatic rings. The van der Waals surface area contributed by atoms with Gasteiger partial charge in [0.1, 0.15) is 6.61 Å². The van der Waals surface area contributed by atoms with Crippen molar-refractivity contribution in [2.45, 2.75) is 0 Å². The molecule has 0 bridgehead atoms. The van der Waals surface area contributed by atoms with Crippen molar-refractivity contribution in [1.82, 2.24) is 10.2 Å². The van der Waals surface area contributed by atoms with Crippen molar-refractivity contribution < 1.29 is 9.90 Å². The Hall–Kier alpha value is -0.610. The minimum atomic E-state index is -0.423. The molecule has 0 saturated carbocycles. The predicted molar refractivity (Wildman–Crippen MR) is 38.6 cm³/mol. The highest BCUT2D eigenvalue weighted by Gasteiger charge is 1.95. The van der Waals surface area contributed by atoms with Crippen LogP contribution >= 0.6 is 0 Å². The van der Waals surface area contributed by atoms with Gasteiger partial charge in [0.25, 0.3) is 0 Å². The average molecular weight is 146 g/mol. The molecule has 0 atom stereocenters. The zero-order chi connectivity index (χ0) is 7.98. The number of nitrogens with one attached hydrogen (secondary N) is 1. The lowest BCUT2D eigenvalue weighted by Gasteiger charge is -2.08. The SMILES string of the molecule is CN(C)CCNC(=O)CO. The lowest BCUT2D eigenvalue weighted by Crippen LogP contribution is -2.32. The maximum atomic E-state index is 10.4. The second-order valence-electron chi connectivity index (χ2n) is 2.31. The molecule has 4 nitrogen and oxygen atoms in total. The third kappa shape index (κ3) is 5.53. The zero-order valence-corrected chi connectivity index (χ0v) is 6.42. The Balaban J connectivity index is 3.12. The van der Waals surface area contributed by atoms with Crippen LogP contribution in [0.3, 0.4) is 0 Å². The fourth-order valence-corrected chi connectivity index (χ4v) is 0.475. The largest absolute Gasteiger partial charge is 0.387 e. The van der Waals surface area contributed by atoms with Crippen molar-refractivity contribution in [1.29, 1.82) is 0 Å². The third-order valence-electron chi connectivity index (χ3n) is 1.02. The van der Waals surface area contributed by atoms with Gasteiger partial charge in [0.15, 0.2) is 0 Å². The molecule has 0 saturated heterocycles. The van der Waals surface area contributed by atoms with Gasteiger partial charge in [0, 0.05) is 13.1 Å². The molecule has 4 heteroatoms. The fraction of sp³-hybridized carbons (Fsp3) is 0.833. The molecular weight excluding hydrogens is 132 g/mol. The van der Waals surface area contributed by atoms with E-state index in [0.29, 0.717) is 6.54 Å². The predicted octanol–water partition coefficient (Wildman–Crippen LogP) is -1.34. The van der Waals surface area contributed by atoms with Gasteiger partial charge in [0.2, 0.25) is 5.91 Å². The summed E-state index contributed by atoms with van der Waals surface area (Å²) >= 11 is 0. The van der Waals surface area contributed by atoms with Crippen LogP contribution in [0.15, 0.2) is 0 Å². The number of carbonyl (C=O) groups is 1. The summed E-state index contributed by atoms with van der Waals surface area (Å²) in [6.45, 7) is 0.964. The zero-order valence-electron chi connectivity index (χ0n) is 6.42. The van der Waals surface area contributed by atoms with Gasteiger partial charge in [-0.05, 0) is 14.1 Å². The van der Waals surface area contributed by atoms with Gasteiger partial charge in [-0.25, -0.2) is 0 Å². The Kier molecular flexibility index (Phi) is 4.88. The van der Waals surface area contributed by atoms with Gasteiger partial charge in [-0.3, -0.25) is 4.79 Å². The number of aliphatic hydroxyl groups excluding tert-OH is 1. The van der Waals surface area contributed by atoms with Crippen LogP contribution in [0.2, 0.25) is 0 Å². The van der Waals surface area contributed by atoms with E-state index in [9.17, 15) is 4.79 Å². The smallest absolute Gasteiger partial charge is 0.245 e. The van der Waals surface area contributed by atoms with Crippen molar-refractivity contribution in [3.05, 3.63) is 0 Å². The van der Waals surface area contributed by atoms with Crippen LogP contribution in [0.5, 0.6) is 0 Å². The van der Waals surface area contributed by atoms with Crippen molar-refractivity contribution in [3.63, 3.8) is 0 Å². The second kappa shape index (κ2) is 5.20. The van der Waals surface area contributed by atoms with Gasteiger partial charge < -0.3 is 15.3 Å². The van der Waals surface area contributed by atoms with Crippen molar-refractivity contribution in [2.75, 3.05) is 33.8 Å². The molecule has 0 aromatic heterocycles. The maximum absolute atomic E-state index is 10.4. The van der Waals surface area contributed by atoms with Gasteiger partial charge in [0.05, 0.1) is 0 Å². The highest BCUT2D eigenvalue weighted by Crippen LogP contribution is 1.70. The summed E-state index contributed by atoms with van der Waals surface area (Å²) in [6, 6.07) is 0. The van der Waals surface area contributed by atoms with Crippen LogP contribution in [0.25, 0.3) is 0 Å². The monoisotopic (exact) mass is 146 g/mol. The molecule has 2 N–H and O–H groups in total. The summed E-state index contributed by atoms with van der Waals surface area (Å²) < 4.78 is 0. The van der Waals surface area contributed by atoms with E-state index in [1.165, 1.54) is 0 Å². The number of hydrogen-bond donors (Lipinski definition) is 2. The Bertz CT molecular complexity index is 104. The van der Waals surface area contributed by atoms with E-state index in [4.69, 9.17) is 5.11 Å². The van der Waals surface area contributed by atoms with Crippen LogP contribution in [0.4, 0.5) is 0 Å². The van der Waals surface area contributed by atoms with E-state index in [1.807, 2.05) is 19.0 Å². The van der Waals surface area contributed by atoms with E-state index in [2.05, 4.69) is 5.32 Å². The Morgan fingerprint density at radius 3 is 2.60 bits per heavy atom. The molecule has 0 heterocycles. The lowest BCUT2D eigenvalue weighted by molar-refractivity contribution is -0.123. The molecule has 0 aromatic carbocycles. The Labute approximate surface area is 60.8 Å². The minimum absolute atomic E-state index is 0.318. The van der Waals surface area contributed by atoms with Gasteiger partial charge in [-0.15, -0.1) is 0 Å². The van der Waals surface area contributed by atoms with Crippen LogP contribution in [-0.2, 0) is 4.79 Å². The van der Waals surface area contributed by atoms with Gasteiger partial charge in [-0.1, -0.05) is 0 Å². The summed E-state index contributed by atoms with van der Waals surface area (Å²) in [6.07, 6.45) is 0. The first-order valence-corrected chi connectivity index (χ1v) is 3.19. The van der Waals surface area contributed by atoms with E-state index in [-0.39, 0.29) is 5.91 Å². The van der Waals surface area contributed by atoms with Gasteiger partial charge >= 0.3 is 0 Å². The number of aliphatic hydroxyl groups is 1. The Morgan fingerprint density at radius 2 is 2.20 bits per heavy atom. The quantitative estimate of drug-likeness (QED) is 0.516. The molecule has 0 fully saturated rings. The summed E-state index contributed by atoms with van der Waals surface area (Å²) in [7, 11) is 3.84. The standard InChI is InChI=1S/C6H14N2O2/c1-8(2)4-3-7-6(10)5-9/h9H,3-5H2,1-2H3,(H,7,10). The normalized spacial score (nSPS) is 10.0. The molecular formula is C6H14N2O2. The molecule has 0 spiro atoms. The van der Waals surface area contributed by atoms with Crippen LogP contribution in [0.1, 0.15) is 0 Å². The minimum Gasteiger partial charge on any atom is -0.387 e. The number of hydrogen-bond acceptors (Lipinski definition) is 3.